The average molecular weight is 414 g/mol. The summed E-state index contributed by atoms with van der Waals surface area (Å²) in [5.74, 6) is 0.783. The number of rotatable bonds is 6. The van der Waals surface area contributed by atoms with Crippen molar-refractivity contribution in [2.45, 2.75) is 6.61 Å². The first-order valence-corrected chi connectivity index (χ1v) is 9.15. The Labute approximate surface area is 161 Å². The van der Waals surface area contributed by atoms with Crippen LogP contribution in [0.25, 0.3) is 10.8 Å². The molecule has 3 aromatic rings. The average Bonchev–Trinajstić information content (AvgIpc) is 2.67. The summed E-state index contributed by atoms with van der Waals surface area (Å²) in [6.45, 7) is 1.12. The summed E-state index contributed by atoms with van der Waals surface area (Å²) in [4.78, 5) is 13.5. The lowest BCUT2D eigenvalue weighted by Gasteiger charge is -2.17. The van der Waals surface area contributed by atoms with E-state index in [0.29, 0.717) is 13.2 Å². The van der Waals surface area contributed by atoms with Crippen LogP contribution >= 0.6 is 15.9 Å². The van der Waals surface area contributed by atoms with Crippen molar-refractivity contribution in [1.29, 1.82) is 0 Å². The first kappa shape index (κ1) is 18.3. The van der Waals surface area contributed by atoms with E-state index in [2.05, 4.69) is 22.0 Å². The largest absolute Gasteiger partial charge is 0.492 e. The Kier molecular flexibility index (Phi) is 6.12. The van der Waals surface area contributed by atoms with Crippen molar-refractivity contribution in [3.05, 3.63) is 76.8 Å². The van der Waals surface area contributed by atoms with Gasteiger partial charge in [0, 0.05) is 11.5 Å². The monoisotopic (exact) mass is 413 g/mol. The van der Waals surface area contributed by atoms with E-state index in [-0.39, 0.29) is 12.7 Å². The Bertz CT molecular complexity index is 883. The van der Waals surface area contributed by atoms with Gasteiger partial charge < -0.3 is 14.4 Å². The van der Waals surface area contributed by atoms with Gasteiger partial charge in [-0.25, -0.2) is 4.79 Å². The SMILES string of the molecule is CN(CCOc1ccc2cc(Br)ccc2c1)C(=O)OCc1ccccc1. The molecule has 0 aliphatic carbocycles. The van der Waals surface area contributed by atoms with Gasteiger partial charge in [0.1, 0.15) is 19.0 Å². The Balaban J connectivity index is 1.46. The topological polar surface area (TPSA) is 38.8 Å². The number of likely N-dealkylation sites (N-methyl/N-ethyl adjacent to an activating group) is 1. The number of ether oxygens (including phenoxy) is 2. The number of fused-ring (bicyclic) bond motifs is 1. The van der Waals surface area contributed by atoms with Crippen molar-refractivity contribution in [1.82, 2.24) is 4.90 Å². The van der Waals surface area contributed by atoms with E-state index in [0.717, 1.165) is 26.6 Å². The summed E-state index contributed by atoms with van der Waals surface area (Å²) < 4.78 is 12.1. The zero-order chi connectivity index (χ0) is 18.4. The summed E-state index contributed by atoms with van der Waals surface area (Å²) in [5, 5.41) is 2.26. The normalized spacial score (nSPS) is 10.5. The number of nitrogens with zero attached hydrogens (tertiary/aromatic N) is 1. The lowest BCUT2D eigenvalue weighted by molar-refractivity contribution is 0.0995. The summed E-state index contributed by atoms with van der Waals surface area (Å²) in [6.07, 6.45) is -0.360. The molecule has 0 saturated carbocycles. The van der Waals surface area contributed by atoms with Crippen molar-refractivity contribution < 1.29 is 14.3 Å². The van der Waals surface area contributed by atoms with E-state index < -0.39 is 0 Å². The minimum Gasteiger partial charge on any atom is -0.492 e. The van der Waals surface area contributed by atoms with Crippen LogP contribution in [0.1, 0.15) is 5.56 Å². The zero-order valence-corrected chi connectivity index (χ0v) is 16.1. The first-order chi connectivity index (χ1) is 12.6. The van der Waals surface area contributed by atoms with Crippen LogP contribution in [0, 0.1) is 0 Å². The standard InChI is InChI=1S/C21H20BrNO3/c1-23(21(24)26-15-16-5-3-2-4-6-16)11-12-25-20-10-8-17-13-19(22)9-7-18(17)14-20/h2-10,13-14H,11-12,15H2,1H3. The summed E-state index contributed by atoms with van der Waals surface area (Å²) in [7, 11) is 1.70. The maximum atomic E-state index is 12.0. The third-order valence-electron chi connectivity index (χ3n) is 3.99. The van der Waals surface area contributed by atoms with Gasteiger partial charge in [0.15, 0.2) is 0 Å². The number of carbonyl (C=O) groups is 1. The van der Waals surface area contributed by atoms with E-state index in [1.54, 1.807) is 7.05 Å². The highest BCUT2D eigenvalue weighted by Crippen LogP contribution is 2.24. The molecule has 26 heavy (non-hydrogen) atoms. The number of hydrogen-bond donors (Lipinski definition) is 0. The molecule has 0 heterocycles. The molecule has 0 spiro atoms. The lowest BCUT2D eigenvalue weighted by Crippen LogP contribution is -2.31. The molecular weight excluding hydrogens is 394 g/mol. The van der Waals surface area contributed by atoms with Crippen LogP contribution in [0.15, 0.2) is 71.2 Å². The fourth-order valence-electron chi connectivity index (χ4n) is 2.51. The Morgan fingerprint density at radius 2 is 1.73 bits per heavy atom. The molecule has 134 valence electrons. The van der Waals surface area contributed by atoms with Crippen molar-refractivity contribution in [3.8, 4) is 5.75 Å². The molecular formula is C21H20BrNO3. The summed E-state index contributed by atoms with van der Waals surface area (Å²) >= 11 is 3.47. The fourth-order valence-corrected chi connectivity index (χ4v) is 2.88. The molecule has 0 atom stereocenters. The predicted octanol–water partition coefficient (Wildman–Crippen LogP) is 5.25. The van der Waals surface area contributed by atoms with Crippen molar-refractivity contribution in [3.63, 3.8) is 0 Å². The highest BCUT2D eigenvalue weighted by atomic mass is 79.9. The van der Waals surface area contributed by atoms with Crippen molar-refractivity contribution in [2.24, 2.45) is 0 Å². The summed E-state index contributed by atoms with van der Waals surface area (Å²) in [6, 6.07) is 21.7. The molecule has 0 radical (unpaired) electrons. The number of amides is 1. The second-order valence-electron chi connectivity index (χ2n) is 5.96. The third-order valence-corrected chi connectivity index (χ3v) is 4.48. The third kappa shape index (κ3) is 4.99. The Morgan fingerprint density at radius 3 is 2.54 bits per heavy atom. The van der Waals surface area contributed by atoms with E-state index in [1.807, 2.05) is 60.7 Å². The van der Waals surface area contributed by atoms with E-state index in [1.165, 1.54) is 4.90 Å². The lowest BCUT2D eigenvalue weighted by atomic mass is 10.1. The minimum atomic E-state index is -0.360. The molecule has 0 bridgehead atoms. The Hall–Kier alpha value is -2.53. The predicted molar refractivity (Wildman–Crippen MR) is 106 cm³/mol. The number of benzene rings is 3. The second-order valence-corrected chi connectivity index (χ2v) is 6.88. The highest BCUT2D eigenvalue weighted by Gasteiger charge is 2.10. The molecule has 1 amide bonds. The molecule has 5 heteroatoms. The van der Waals surface area contributed by atoms with Crippen LogP contribution in [0.3, 0.4) is 0 Å². The molecule has 0 aliphatic heterocycles. The number of carbonyl (C=O) groups excluding carboxylic acids is 1. The van der Waals surface area contributed by atoms with E-state index >= 15 is 0 Å². The van der Waals surface area contributed by atoms with Gasteiger partial charge in [-0.05, 0) is 40.6 Å². The molecule has 4 nitrogen and oxygen atoms in total. The number of hydrogen-bond acceptors (Lipinski definition) is 3. The van der Waals surface area contributed by atoms with Gasteiger partial charge >= 0.3 is 6.09 Å². The highest BCUT2D eigenvalue weighted by molar-refractivity contribution is 9.10. The van der Waals surface area contributed by atoms with Crippen LogP contribution in [0.2, 0.25) is 0 Å². The van der Waals surface area contributed by atoms with Crippen LogP contribution in [0.5, 0.6) is 5.75 Å². The molecule has 0 fully saturated rings. The maximum absolute atomic E-state index is 12.0. The van der Waals surface area contributed by atoms with Gasteiger partial charge in [-0.1, -0.05) is 58.4 Å². The molecule has 0 unspecified atom stereocenters. The van der Waals surface area contributed by atoms with Crippen molar-refractivity contribution in [2.75, 3.05) is 20.2 Å². The smallest absolute Gasteiger partial charge is 0.409 e. The molecule has 3 aromatic carbocycles. The molecule has 0 N–H and O–H groups in total. The van der Waals surface area contributed by atoms with Gasteiger partial charge in [0.25, 0.3) is 0 Å². The quantitative estimate of drug-likeness (QED) is 0.553. The van der Waals surface area contributed by atoms with Gasteiger partial charge in [0.2, 0.25) is 0 Å². The van der Waals surface area contributed by atoms with Gasteiger partial charge in [-0.3, -0.25) is 0 Å². The first-order valence-electron chi connectivity index (χ1n) is 8.36. The van der Waals surface area contributed by atoms with Gasteiger partial charge in [-0.15, -0.1) is 0 Å². The van der Waals surface area contributed by atoms with Crippen LogP contribution in [-0.2, 0) is 11.3 Å². The molecule has 3 rings (SSSR count). The zero-order valence-electron chi connectivity index (χ0n) is 14.5. The van der Waals surface area contributed by atoms with Crippen molar-refractivity contribution >= 4 is 32.8 Å². The van der Waals surface area contributed by atoms with E-state index in [4.69, 9.17) is 9.47 Å². The number of halogens is 1. The maximum Gasteiger partial charge on any atom is 0.409 e. The molecule has 0 saturated heterocycles. The van der Waals surface area contributed by atoms with Crippen LogP contribution in [-0.4, -0.2) is 31.2 Å². The van der Waals surface area contributed by atoms with E-state index in [9.17, 15) is 4.79 Å². The van der Waals surface area contributed by atoms with Crippen LogP contribution < -0.4 is 4.74 Å². The molecule has 0 aromatic heterocycles. The molecule has 0 aliphatic rings. The van der Waals surface area contributed by atoms with Gasteiger partial charge in [0.05, 0.1) is 6.54 Å². The van der Waals surface area contributed by atoms with Gasteiger partial charge in [-0.2, -0.15) is 0 Å². The Morgan fingerprint density at radius 1 is 1.00 bits per heavy atom. The fraction of sp³-hybridized carbons (Fsp3) is 0.190. The second kappa shape index (κ2) is 8.72. The van der Waals surface area contributed by atoms with Crippen LogP contribution in [0.4, 0.5) is 4.79 Å². The summed E-state index contributed by atoms with van der Waals surface area (Å²) in [5.41, 5.74) is 0.966. The minimum absolute atomic E-state index is 0.269.